The molecule has 1 amide bonds. The number of rotatable bonds is 19. The second-order valence-corrected chi connectivity index (χ2v) is 21.5. The number of carbonyl (C=O) groups excluding carboxylic acids is 1. The Morgan fingerprint density at radius 3 is 1.80 bits per heavy atom. The number of nitriles is 1. The van der Waals surface area contributed by atoms with Gasteiger partial charge in [-0.15, -0.1) is 21.5 Å². The van der Waals surface area contributed by atoms with E-state index in [9.17, 15) is 10.1 Å². The summed E-state index contributed by atoms with van der Waals surface area (Å²) in [6.45, 7) is 11.4. The van der Waals surface area contributed by atoms with Gasteiger partial charge in [-0.3, -0.25) is 9.78 Å². The molecule has 4 aromatic carbocycles. The van der Waals surface area contributed by atoms with E-state index >= 15 is 0 Å². The number of aliphatic hydroxyl groups is 3. The van der Waals surface area contributed by atoms with Crippen LogP contribution in [0.3, 0.4) is 0 Å². The van der Waals surface area contributed by atoms with Gasteiger partial charge in [-0.1, -0.05) is 96.0 Å². The van der Waals surface area contributed by atoms with E-state index in [-0.39, 0.29) is 25.5 Å². The molecule has 0 saturated carbocycles. The Labute approximate surface area is 487 Å². The van der Waals surface area contributed by atoms with Crippen LogP contribution in [0.5, 0.6) is 0 Å². The minimum absolute atomic E-state index is 0.0200. The highest BCUT2D eigenvalue weighted by molar-refractivity contribution is 7.15. The van der Waals surface area contributed by atoms with Gasteiger partial charge in [0.2, 0.25) is 0 Å². The summed E-state index contributed by atoms with van der Waals surface area (Å²) in [7, 11) is 0. The van der Waals surface area contributed by atoms with Crippen molar-refractivity contribution in [3.8, 4) is 61.7 Å². The largest absolute Gasteiger partial charge is 0.395 e. The zero-order valence-electron chi connectivity index (χ0n) is 45.4. The van der Waals surface area contributed by atoms with E-state index < -0.39 is 5.91 Å². The first-order valence-corrected chi connectivity index (χ1v) is 28.4. The highest BCUT2D eigenvalue weighted by atomic mass is 35.5. The molecule has 11 rings (SSSR count). The van der Waals surface area contributed by atoms with Crippen LogP contribution in [0.4, 0.5) is 5.69 Å². The average Bonchev–Trinajstić information content (AvgIpc) is 4.40. The lowest BCUT2D eigenvalue weighted by atomic mass is 9.91. The zero-order chi connectivity index (χ0) is 57.3. The van der Waals surface area contributed by atoms with Crippen molar-refractivity contribution in [2.24, 2.45) is 0 Å². The van der Waals surface area contributed by atoms with Crippen molar-refractivity contribution in [1.29, 1.82) is 5.26 Å². The third kappa shape index (κ3) is 12.6. The van der Waals surface area contributed by atoms with Crippen LogP contribution in [0.2, 0.25) is 10.0 Å². The molecule has 21 heteroatoms. The molecule has 0 radical (unpaired) electrons. The van der Waals surface area contributed by atoms with Gasteiger partial charge >= 0.3 is 0 Å². The second-order valence-electron chi connectivity index (χ2n) is 19.6. The SMILES string of the molecule is Cc1c(-c2nc3c(C#N)cc(CNCCO)cn3n2)cccc1-c1cccc(NC(=O)c2ccc(CNCCO)cn2)c1Cl.Cc1c(-c2nc3c(Cl)cc(CNCCO)cn3n2)cccc1-c1cccc(-c2nc3c(s2)CNCC3)c1C. The third-order valence-corrected chi connectivity index (χ3v) is 15.9. The van der Waals surface area contributed by atoms with E-state index in [1.54, 1.807) is 50.8 Å². The summed E-state index contributed by atoms with van der Waals surface area (Å²) >= 11 is 15.2. The van der Waals surface area contributed by atoms with Gasteiger partial charge in [0.25, 0.3) is 5.91 Å². The predicted octanol–water partition coefficient (Wildman–Crippen LogP) is 8.89. The molecular formula is C61H60Cl2N14O4S. The Morgan fingerprint density at radius 1 is 0.671 bits per heavy atom. The Kier molecular flexibility index (Phi) is 18.5. The monoisotopic (exact) mass is 1150 g/mol. The van der Waals surface area contributed by atoms with Crippen LogP contribution in [-0.2, 0) is 32.6 Å². The number of anilines is 1. The fourth-order valence-corrected chi connectivity index (χ4v) is 11.6. The summed E-state index contributed by atoms with van der Waals surface area (Å²) in [4.78, 5) is 33.1. The van der Waals surface area contributed by atoms with E-state index in [1.165, 1.54) is 27.3 Å². The minimum atomic E-state index is -0.391. The molecule has 0 atom stereocenters. The van der Waals surface area contributed by atoms with Crippen LogP contribution in [0, 0.1) is 32.1 Å². The van der Waals surface area contributed by atoms with Gasteiger partial charge in [-0.2, -0.15) is 5.26 Å². The minimum Gasteiger partial charge on any atom is -0.395 e. The van der Waals surface area contributed by atoms with Gasteiger partial charge in [0.1, 0.15) is 16.8 Å². The lowest BCUT2D eigenvalue weighted by molar-refractivity contribution is 0.102. The van der Waals surface area contributed by atoms with Crippen LogP contribution in [-0.4, -0.2) is 106 Å². The van der Waals surface area contributed by atoms with Crippen molar-refractivity contribution in [2.75, 3.05) is 51.3 Å². The molecule has 7 heterocycles. The summed E-state index contributed by atoms with van der Waals surface area (Å²) in [6, 6.07) is 33.3. The van der Waals surface area contributed by atoms with Gasteiger partial charge in [0.05, 0.1) is 46.8 Å². The maximum atomic E-state index is 13.0. The van der Waals surface area contributed by atoms with Gasteiger partial charge in [0.15, 0.2) is 22.9 Å². The first-order valence-electron chi connectivity index (χ1n) is 26.8. The molecule has 0 fully saturated rings. The summed E-state index contributed by atoms with van der Waals surface area (Å²) in [5, 5.41) is 63.9. The Bertz CT molecular complexity index is 3960. The average molecular weight is 1160 g/mol. The molecular weight excluding hydrogens is 1100 g/mol. The molecule has 418 valence electrons. The van der Waals surface area contributed by atoms with Crippen molar-refractivity contribution in [2.45, 2.75) is 53.4 Å². The van der Waals surface area contributed by atoms with E-state index in [1.807, 2.05) is 55.7 Å². The van der Waals surface area contributed by atoms with Crippen molar-refractivity contribution in [3.63, 3.8) is 0 Å². The number of aliphatic hydroxyl groups excluding tert-OH is 3. The quantitative estimate of drug-likeness (QED) is 0.0352. The standard InChI is InChI=1S/C32H31ClN8O3.C29H29ClN6OS/c1-20-24(4-2-5-25(20)30-39-31-23(15-34)14-22(17-36-11-13-43)19-41(31)40-30)26-6-3-7-27(29(26)33)38-32(44)28-9-8-21(18-37-28)16-35-10-12-42;1-17-20(21-6-4-8-23(18(21)2)29-33-25-9-10-31-15-26(25)38-29)5-3-7-22(17)27-34-28-24(30)13-19(14-32-11-12-37)16-36(28)35-27/h2-9,14,18-19,35-36,42-43H,10-13,16-17H2,1H3,(H,38,44);3-8,13,16,31-32,37H,9-12,14-15H2,1-2H3. The number of amides is 1. The number of nitrogens with zero attached hydrogens (tertiary/aromatic N) is 9. The van der Waals surface area contributed by atoms with Crippen molar-refractivity contribution < 1.29 is 20.1 Å². The summed E-state index contributed by atoms with van der Waals surface area (Å²) < 4.78 is 3.34. The molecule has 1 aliphatic heterocycles. The molecule has 1 aliphatic rings. The lowest BCUT2D eigenvalue weighted by Gasteiger charge is -2.14. The molecule has 10 aromatic rings. The van der Waals surface area contributed by atoms with Crippen LogP contribution in [0.1, 0.15) is 60.0 Å². The zero-order valence-corrected chi connectivity index (χ0v) is 47.7. The highest BCUT2D eigenvalue weighted by Crippen LogP contribution is 2.40. The van der Waals surface area contributed by atoms with Crippen molar-refractivity contribution in [1.82, 2.24) is 60.4 Å². The number of halogens is 2. The van der Waals surface area contributed by atoms with E-state index in [0.29, 0.717) is 83.5 Å². The number of hydrogen-bond donors (Lipinski definition) is 8. The molecule has 0 aliphatic carbocycles. The van der Waals surface area contributed by atoms with E-state index in [2.05, 4.69) is 98.0 Å². The van der Waals surface area contributed by atoms with Crippen LogP contribution in [0.15, 0.2) is 116 Å². The van der Waals surface area contributed by atoms with Crippen molar-refractivity contribution >= 4 is 57.4 Å². The molecule has 0 bridgehead atoms. The first kappa shape index (κ1) is 57.4. The molecule has 18 nitrogen and oxygen atoms in total. The number of thiazole rings is 1. The summed E-state index contributed by atoms with van der Waals surface area (Å²) in [6.07, 6.45) is 6.35. The fourth-order valence-electron chi connectivity index (χ4n) is 9.90. The Hall–Kier alpha value is -7.84. The molecule has 0 unspecified atom stereocenters. The normalized spacial score (nSPS) is 12.1. The predicted molar refractivity (Wildman–Crippen MR) is 322 cm³/mol. The molecule has 82 heavy (non-hydrogen) atoms. The van der Waals surface area contributed by atoms with E-state index in [4.69, 9.17) is 53.6 Å². The number of carbonyl (C=O) groups is 1. The first-order chi connectivity index (χ1) is 40.0. The van der Waals surface area contributed by atoms with Crippen molar-refractivity contribution in [3.05, 3.63) is 181 Å². The fraction of sp³-hybridized carbons (Fsp3) is 0.246. The Balaban J connectivity index is 0.000000185. The van der Waals surface area contributed by atoms with Gasteiger partial charge in [-0.25, -0.2) is 24.0 Å². The van der Waals surface area contributed by atoms with Gasteiger partial charge in [-0.05, 0) is 95.1 Å². The van der Waals surface area contributed by atoms with E-state index in [0.717, 1.165) is 80.2 Å². The molecule has 0 saturated heterocycles. The summed E-state index contributed by atoms with van der Waals surface area (Å²) in [5.74, 6) is 0.709. The topological polar surface area (TPSA) is 248 Å². The van der Waals surface area contributed by atoms with Crippen LogP contribution >= 0.6 is 34.5 Å². The highest BCUT2D eigenvalue weighted by Gasteiger charge is 2.22. The smallest absolute Gasteiger partial charge is 0.274 e. The van der Waals surface area contributed by atoms with Crippen LogP contribution in [0.25, 0.3) is 66.9 Å². The van der Waals surface area contributed by atoms with Gasteiger partial charge in [0, 0.05) is 105 Å². The third-order valence-electron chi connectivity index (χ3n) is 14.1. The number of benzene rings is 4. The number of aromatic nitrogens is 8. The van der Waals surface area contributed by atoms with Gasteiger partial charge < -0.3 is 41.9 Å². The number of nitrogens with one attached hydrogen (secondary N) is 5. The number of pyridine rings is 3. The summed E-state index contributed by atoms with van der Waals surface area (Å²) in [5.41, 5.74) is 16.2. The molecule has 0 spiro atoms. The number of hydrogen-bond acceptors (Lipinski definition) is 16. The lowest BCUT2D eigenvalue weighted by Crippen LogP contribution is -2.22. The maximum Gasteiger partial charge on any atom is 0.274 e. The molecule has 8 N–H and O–H groups in total. The maximum absolute atomic E-state index is 13.0. The second kappa shape index (κ2) is 26.4. The molecule has 6 aromatic heterocycles. The number of fused-ring (bicyclic) bond motifs is 3. The Morgan fingerprint density at radius 2 is 1.21 bits per heavy atom. The van der Waals surface area contributed by atoms with Crippen LogP contribution < -0.4 is 26.6 Å².